The Morgan fingerprint density at radius 2 is 0.581 bits per heavy atom. The van der Waals surface area contributed by atoms with Crippen molar-refractivity contribution >= 4 is 25.6 Å². The molecule has 6 nitrogen and oxygen atoms in total. The molecule has 360 valence electrons. The van der Waals surface area contributed by atoms with Crippen LogP contribution in [0.5, 0.6) is 11.5 Å². The van der Waals surface area contributed by atoms with E-state index in [4.69, 9.17) is 9.05 Å². The van der Waals surface area contributed by atoms with Crippen LogP contribution >= 0.6 is 13.7 Å². The van der Waals surface area contributed by atoms with Gasteiger partial charge in [0.25, 0.3) is 0 Å². The Kier molecular flexibility index (Phi) is 30.3. The molecule has 2 aromatic carbocycles. The number of rotatable bonds is 36. The van der Waals surface area contributed by atoms with Gasteiger partial charge < -0.3 is 0 Å². The SMILES string of the molecule is CCCCCCCCP(CCCC)(CCCC)(CCCC)OC(=O)c1ccccc1O.CCCCCCCCP(CCCC)(CCCC)(CCCC)OC(=O)c1ccccc1O. The molecule has 0 aliphatic heterocycles. The molecule has 0 heterocycles. The summed E-state index contributed by atoms with van der Waals surface area (Å²) in [6.07, 6.45) is 37.0. The first kappa shape index (κ1) is 57.9. The molecule has 2 rings (SSSR count). The van der Waals surface area contributed by atoms with Gasteiger partial charge in [-0.25, -0.2) is 0 Å². The summed E-state index contributed by atoms with van der Waals surface area (Å²) in [5, 5.41) is 20.6. The number of hydrogen-bond acceptors (Lipinski definition) is 6. The molecule has 2 aromatic rings. The van der Waals surface area contributed by atoms with Crippen LogP contribution in [0.15, 0.2) is 48.5 Å². The van der Waals surface area contributed by atoms with E-state index in [1.54, 1.807) is 36.4 Å². The molecule has 0 aliphatic carbocycles. The van der Waals surface area contributed by atoms with Gasteiger partial charge in [0, 0.05) is 0 Å². The van der Waals surface area contributed by atoms with E-state index in [9.17, 15) is 19.8 Å². The fourth-order valence-electron chi connectivity index (χ4n) is 9.50. The Morgan fingerprint density at radius 3 is 0.839 bits per heavy atom. The van der Waals surface area contributed by atoms with Crippen LogP contribution in [-0.2, 0) is 9.05 Å². The molecule has 0 aromatic heterocycles. The third-order valence-corrected chi connectivity index (χ3v) is 26.5. The van der Waals surface area contributed by atoms with Gasteiger partial charge in [0.05, 0.1) is 0 Å². The zero-order valence-electron chi connectivity index (χ0n) is 41.7. The molecule has 2 N–H and O–H groups in total. The number of aromatic hydroxyl groups is 2. The van der Waals surface area contributed by atoms with Gasteiger partial charge in [-0.15, -0.1) is 0 Å². The Labute approximate surface area is 382 Å². The van der Waals surface area contributed by atoms with Crippen LogP contribution in [0.3, 0.4) is 0 Å². The van der Waals surface area contributed by atoms with Crippen LogP contribution in [0.1, 0.15) is 230 Å². The topological polar surface area (TPSA) is 93.1 Å². The molecule has 0 radical (unpaired) electrons. The van der Waals surface area contributed by atoms with Gasteiger partial charge in [-0.3, -0.25) is 0 Å². The molecule has 0 atom stereocenters. The van der Waals surface area contributed by atoms with Crippen molar-refractivity contribution in [3.63, 3.8) is 0 Å². The van der Waals surface area contributed by atoms with E-state index in [2.05, 4.69) is 55.4 Å². The first-order valence-corrected chi connectivity index (χ1v) is 31.8. The van der Waals surface area contributed by atoms with Gasteiger partial charge in [-0.2, -0.15) is 0 Å². The number of unbranched alkanes of at least 4 members (excludes halogenated alkanes) is 16. The van der Waals surface area contributed by atoms with Crippen LogP contribution in [0.25, 0.3) is 0 Å². The molecule has 0 bridgehead atoms. The minimum atomic E-state index is -2.71. The number of para-hydroxylation sites is 2. The summed E-state index contributed by atoms with van der Waals surface area (Å²) in [5.74, 6) is -0.537. The number of carbonyl (C=O) groups is 2. The summed E-state index contributed by atoms with van der Waals surface area (Å²) in [5.41, 5.74) is 0.646. The Bertz CT molecular complexity index is 1320. The Hall–Kier alpha value is -2.16. The van der Waals surface area contributed by atoms with Gasteiger partial charge in [-0.05, 0) is 0 Å². The second-order valence-corrected chi connectivity index (χ2v) is 30.3. The monoisotopic (exact) mass is 905 g/mol. The van der Waals surface area contributed by atoms with Crippen LogP contribution in [0, 0.1) is 0 Å². The first-order valence-electron chi connectivity index (χ1n) is 26.0. The van der Waals surface area contributed by atoms with Crippen LogP contribution in [-0.4, -0.2) is 71.4 Å². The number of phenols is 2. The van der Waals surface area contributed by atoms with Gasteiger partial charge >= 0.3 is 384 Å². The van der Waals surface area contributed by atoms with Crippen molar-refractivity contribution in [1.29, 1.82) is 0 Å². The summed E-state index contributed by atoms with van der Waals surface area (Å²) < 4.78 is 13.5. The third-order valence-electron chi connectivity index (χ3n) is 13.5. The molecular formula is C54H98O6P2. The minimum absolute atomic E-state index is 0.0325. The average molecular weight is 905 g/mol. The van der Waals surface area contributed by atoms with Crippen molar-refractivity contribution < 1.29 is 28.8 Å². The number of carbonyl (C=O) groups excluding carboxylic acids is 2. The molecule has 0 saturated carbocycles. The van der Waals surface area contributed by atoms with E-state index in [1.807, 2.05) is 12.1 Å². The molecule has 0 spiro atoms. The fourth-order valence-corrected chi connectivity index (χ4v) is 22.8. The van der Waals surface area contributed by atoms with Crippen molar-refractivity contribution in [2.75, 3.05) is 49.3 Å². The van der Waals surface area contributed by atoms with Gasteiger partial charge in [0.2, 0.25) is 0 Å². The summed E-state index contributed by atoms with van der Waals surface area (Å²) in [6, 6.07) is 13.7. The Morgan fingerprint density at radius 1 is 0.355 bits per heavy atom. The van der Waals surface area contributed by atoms with Crippen molar-refractivity contribution in [2.24, 2.45) is 0 Å². The van der Waals surface area contributed by atoms with E-state index in [0.29, 0.717) is 11.1 Å². The third kappa shape index (κ3) is 20.3. The molecule has 8 heteroatoms. The number of hydrogen-bond donors (Lipinski definition) is 2. The van der Waals surface area contributed by atoms with Crippen molar-refractivity contribution in [3.05, 3.63) is 59.7 Å². The predicted molar refractivity (Wildman–Crippen MR) is 276 cm³/mol. The molecule has 0 unspecified atom stereocenters. The predicted octanol–water partition coefficient (Wildman–Crippen LogP) is 17.6. The Balaban J connectivity index is 0.000000620. The second-order valence-electron chi connectivity index (χ2n) is 19.0. The van der Waals surface area contributed by atoms with Crippen molar-refractivity contribution in [2.45, 2.75) is 209 Å². The maximum absolute atomic E-state index is 13.4. The first-order chi connectivity index (χ1) is 29.9. The molecule has 0 saturated heterocycles. The van der Waals surface area contributed by atoms with Crippen molar-refractivity contribution in [3.8, 4) is 11.5 Å². The number of benzene rings is 2. The fraction of sp³-hybridized carbons (Fsp3) is 0.741. The quantitative estimate of drug-likeness (QED) is 0.0523. The summed E-state index contributed by atoms with van der Waals surface area (Å²) in [4.78, 5) is 26.8. The van der Waals surface area contributed by atoms with E-state index in [0.717, 1.165) is 139 Å². The van der Waals surface area contributed by atoms with Gasteiger partial charge in [0.1, 0.15) is 0 Å². The van der Waals surface area contributed by atoms with Crippen LogP contribution in [0.4, 0.5) is 0 Å². The zero-order chi connectivity index (χ0) is 46.1. The maximum atomic E-state index is 13.4. The summed E-state index contributed by atoms with van der Waals surface area (Å²) >= 11 is 0. The average Bonchev–Trinajstić information content (AvgIpc) is 3.28. The van der Waals surface area contributed by atoms with E-state index < -0.39 is 13.7 Å². The van der Waals surface area contributed by atoms with E-state index in [1.165, 1.54) is 64.2 Å². The molecule has 0 fully saturated rings. The second kappa shape index (κ2) is 32.5. The molecular weight excluding hydrogens is 807 g/mol. The normalized spacial score (nSPS) is 13.0. The van der Waals surface area contributed by atoms with Gasteiger partial charge in [0.15, 0.2) is 0 Å². The molecule has 0 amide bonds. The summed E-state index contributed by atoms with van der Waals surface area (Å²) in [6.45, 7) is 12.5. The molecule has 0 aliphatic rings. The molecule has 62 heavy (non-hydrogen) atoms. The van der Waals surface area contributed by atoms with Crippen LogP contribution in [0.2, 0.25) is 0 Å². The summed E-state index contributed by atoms with van der Waals surface area (Å²) in [7, 11) is 0. The standard InChI is InChI=1S/2C27H49O3P/c2*1-5-9-13-14-15-18-24-31(21-10-6-2,22-11-7-3,23-12-8-4)30-27(29)25-19-16-17-20-26(25)28/h2*16-17,19-20,28H,5-15,18,21-24H2,1-4H3. The van der Waals surface area contributed by atoms with Gasteiger partial charge in [-0.1, -0.05) is 0 Å². The number of phenolic OH excluding ortho intramolecular Hbond substituents is 2. The van der Waals surface area contributed by atoms with Crippen molar-refractivity contribution in [1.82, 2.24) is 0 Å². The zero-order valence-corrected chi connectivity index (χ0v) is 43.5. The van der Waals surface area contributed by atoms with E-state index >= 15 is 0 Å². The van der Waals surface area contributed by atoms with Crippen LogP contribution < -0.4 is 0 Å². The van der Waals surface area contributed by atoms with E-state index in [-0.39, 0.29) is 23.4 Å².